The van der Waals surface area contributed by atoms with Crippen LogP contribution < -0.4 is 16.0 Å². The van der Waals surface area contributed by atoms with Crippen molar-refractivity contribution in [1.82, 2.24) is 29.7 Å². The van der Waals surface area contributed by atoms with Crippen molar-refractivity contribution in [1.29, 1.82) is 0 Å². The molecule has 1 aliphatic rings. The molecule has 1 aliphatic heterocycles. The highest BCUT2D eigenvalue weighted by Crippen LogP contribution is 2.33. The molecule has 2 amide bonds. The maximum absolute atomic E-state index is 15.0. The molecule has 3 aromatic heterocycles. The molecule has 1 unspecified atom stereocenters. The van der Waals surface area contributed by atoms with Gasteiger partial charge < -0.3 is 35.7 Å². The molecule has 5 N–H and O–H groups in total. The van der Waals surface area contributed by atoms with Crippen LogP contribution in [0, 0.1) is 5.82 Å². The van der Waals surface area contributed by atoms with Crippen LogP contribution in [0.15, 0.2) is 48.9 Å². The van der Waals surface area contributed by atoms with E-state index in [0.717, 1.165) is 32.4 Å². The molecule has 1 atom stereocenters. The first-order chi connectivity index (χ1) is 20.4. The van der Waals surface area contributed by atoms with Gasteiger partial charge in [0.15, 0.2) is 5.82 Å². The van der Waals surface area contributed by atoms with E-state index in [9.17, 15) is 9.59 Å². The zero-order valence-electron chi connectivity index (χ0n) is 23.2. The molecule has 4 aromatic rings. The minimum absolute atomic E-state index is 0.0664. The van der Waals surface area contributed by atoms with E-state index in [1.807, 2.05) is 6.07 Å². The number of nitrogens with zero attached hydrogens (tertiary/aromatic N) is 5. The summed E-state index contributed by atoms with van der Waals surface area (Å²) in [5.74, 6) is -0.986. The summed E-state index contributed by atoms with van der Waals surface area (Å²) in [7, 11) is 3.64. The number of fused-ring (bicyclic) bond motifs is 1. The molecule has 1 saturated heterocycles. The van der Waals surface area contributed by atoms with E-state index in [1.54, 1.807) is 31.5 Å². The van der Waals surface area contributed by atoms with Crippen molar-refractivity contribution in [3.63, 3.8) is 0 Å². The molecule has 0 radical (unpaired) electrons. The van der Waals surface area contributed by atoms with Gasteiger partial charge in [-0.15, -0.1) is 0 Å². The number of aromatic nitrogens is 4. The summed E-state index contributed by atoms with van der Waals surface area (Å²) in [4.78, 5) is 44.7. The highest BCUT2D eigenvalue weighted by atomic mass is 19.1. The van der Waals surface area contributed by atoms with Gasteiger partial charge in [-0.1, -0.05) is 12.1 Å². The molecule has 0 aliphatic carbocycles. The number of piperazine rings is 1. The summed E-state index contributed by atoms with van der Waals surface area (Å²) >= 11 is 0. The number of amides is 2. The van der Waals surface area contributed by atoms with E-state index in [1.165, 1.54) is 12.3 Å². The SMILES string of the molecule is COCC(C(=O)Nc1cccc2c(-c3nc(Nc4ccc(NC(=O)CO)nc4)ncc3F)c[nH]c12)N1CCN(C)CC1. The fourth-order valence-corrected chi connectivity index (χ4v) is 4.78. The number of aliphatic hydroxyl groups excluding tert-OH is 1. The van der Waals surface area contributed by atoms with E-state index in [2.05, 4.69) is 52.7 Å². The zero-order valence-corrected chi connectivity index (χ0v) is 23.2. The number of carbonyl (C=O) groups excluding carboxylic acids is 2. The van der Waals surface area contributed by atoms with Crippen molar-refractivity contribution >= 4 is 45.9 Å². The second-order valence-corrected chi connectivity index (χ2v) is 9.88. The van der Waals surface area contributed by atoms with Crippen molar-refractivity contribution in [2.45, 2.75) is 6.04 Å². The van der Waals surface area contributed by atoms with Crippen molar-refractivity contribution in [2.75, 3.05) is 69.5 Å². The van der Waals surface area contributed by atoms with Gasteiger partial charge in [-0.2, -0.15) is 0 Å². The Labute approximate surface area is 241 Å². The lowest BCUT2D eigenvalue weighted by Crippen LogP contribution is -2.54. The number of ether oxygens (including phenoxy) is 1. The third-order valence-corrected chi connectivity index (χ3v) is 7.01. The van der Waals surface area contributed by atoms with Crippen LogP contribution in [0.3, 0.4) is 0 Å². The molecule has 220 valence electrons. The molecule has 0 saturated carbocycles. The number of benzene rings is 1. The Bertz CT molecular complexity index is 1560. The smallest absolute Gasteiger partial charge is 0.251 e. The van der Waals surface area contributed by atoms with Crippen molar-refractivity contribution in [2.24, 2.45) is 0 Å². The quantitative estimate of drug-likeness (QED) is 0.189. The Morgan fingerprint density at radius 1 is 1.12 bits per heavy atom. The minimum atomic E-state index is -0.652. The number of hydrogen-bond acceptors (Lipinski definition) is 10. The first-order valence-corrected chi connectivity index (χ1v) is 13.4. The van der Waals surface area contributed by atoms with Gasteiger partial charge in [0.1, 0.15) is 24.2 Å². The average molecular weight is 578 g/mol. The number of H-pyrrole nitrogens is 1. The first kappa shape index (κ1) is 29.0. The molecule has 42 heavy (non-hydrogen) atoms. The maximum Gasteiger partial charge on any atom is 0.251 e. The number of aliphatic hydroxyl groups is 1. The summed E-state index contributed by atoms with van der Waals surface area (Å²) in [6, 6.07) is 8.12. The molecule has 14 heteroatoms. The molecule has 1 aromatic carbocycles. The van der Waals surface area contributed by atoms with Crippen LogP contribution in [0.2, 0.25) is 0 Å². The second-order valence-electron chi connectivity index (χ2n) is 9.88. The Morgan fingerprint density at radius 2 is 1.93 bits per heavy atom. The fraction of sp³-hybridized carbons (Fsp3) is 0.321. The van der Waals surface area contributed by atoms with Crippen molar-refractivity contribution < 1.29 is 23.8 Å². The normalized spacial score (nSPS) is 15.0. The van der Waals surface area contributed by atoms with E-state index < -0.39 is 24.4 Å². The van der Waals surface area contributed by atoms with Gasteiger partial charge >= 0.3 is 0 Å². The number of anilines is 4. The lowest BCUT2D eigenvalue weighted by atomic mass is 10.1. The van der Waals surface area contributed by atoms with Crippen LogP contribution in [-0.2, 0) is 14.3 Å². The van der Waals surface area contributed by atoms with E-state index in [-0.39, 0.29) is 30.0 Å². The molecular formula is C28H32FN9O4. The minimum Gasteiger partial charge on any atom is -0.387 e. The summed E-state index contributed by atoms with van der Waals surface area (Å²) in [5, 5.41) is 18.0. The number of methoxy groups -OCH3 is 1. The van der Waals surface area contributed by atoms with Crippen LogP contribution >= 0.6 is 0 Å². The van der Waals surface area contributed by atoms with Gasteiger partial charge in [0.2, 0.25) is 11.9 Å². The van der Waals surface area contributed by atoms with Gasteiger partial charge in [-0.25, -0.2) is 19.3 Å². The van der Waals surface area contributed by atoms with E-state index in [0.29, 0.717) is 27.8 Å². The van der Waals surface area contributed by atoms with E-state index >= 15 is 4.39 Å². The largest absolute Gasteiger partial charge is 0.387 e. The Balaban J connectivity index is 1.36. The Morgan fingerprint density at radius 3 is 2.64 bits per heavy atom. The molecule has 13 nitrogen and oxygen atoms in total. The van der Waals surface area contributed by atoms with Gasteiger partial charge in [-0.3, -0.25) is 14.5 Å². The zero-order chi connectivity index (χ0) is 29.6. The molecule has 0 bridgehead atoms. The van der Waals surface area contributed by atoms with Crippen molar-refractivity contribution in [3.05, 3.63) is 54.7 Å². The second kappa shape index (κ2) is 13.0. The first-order valence-electron chi connectivity index (χ1n) is 13.4. The van der Waals surface area contributed by atoms with Crippen molar-refractivity contribution in [3.8, 4) is 11.3 Å². The summed E-state index contributed by atoms with van der Waals surface area (Å²) in [6.07, 6.45) is 4.16. The highest BCUT2D eigenvalue weighted by molar-refractivity contribution is 6.06. The number of pyridine rings is 1. The number of carbonyl (C=O) groups is 2. The summed E-state index contributed by atoms with van der Waals surface area (Å²) in [5.41, 5.74) is 2.26. The number of halogens is 1. The molecule has 1 fully saturated rings. The highest BCUT2D eigenvalue weighted by Gasteiger charge is 2.29. The monoisotopic (exact) mass is 577 g/mol. The van der Waals surface area contributed by atoms with Gasteiger partial charge in [0, 0.05) is 50.4 Å². The predicted octanol–water partition coefficient (Wildman–Crippen LogP) is 2.03. The number of aromatic amines is 1. The summed E-state index contributed by atoms with van der Waals surface area (Å²) in [6.45, 7) is 2.88. The van der Waals surface area contributed by atoms with Gasteiger partial charge in [0.25, 0.3) is 5.91 Å². The van der Waals surface area contributed by atoms with E-state index in [4.69, 9.17) is 9.84 Å². The molecule has 0 spiro atoms. The Kier molecular flexibility index (Phi) is 8.97. The third-order valence-electron chi connectivity index (χ3n) is 7.01. The number of hydrogen-bond donors (Lipinski definition) is 5. The van der Waals surface area contributed by atoms with Crippen LogP contribution in [0.5, 0.6) is 0 Å². The molecular weight excluding hydrogens is 545 g/mol. The van der Waals surface area contributed by atoms with Gasteiger partial charge in [0.05, 0.1) is 35.9 Å². The van der Waals surface area contributed by atoms with Crippen LogP contribution in [0.4, 0.5) is 27.5 Å². The number of para-hydroxylation sites is 1. The lowest BCUT2D eigenvalue weighted by Gasteiger charge is -2.36. The molecule has 5 rings (SSSR count). The third kappa shape index (κ3) is 6.52. The van der Waals surface area contributed by atoms with Crippen LogP contribution in [0.25, 0.3) is 22.2 Å². The lowest BCUT2D eigenvalue weighted by molar-refractivity contribution is -0.124. The number of rotatable bonds is 10. The topological polar surface area (TPSA) is 161 Å². The molecule has 4 heterocycles. The number of nitrogens with one attached hydrogen (secondary N) is 4. The fourth-order valence-electron chi connectivity index (χ4n) is 4.78. The standard InChI is InChI=1S/C28H32FN9O4/c1-37-8-10-38(11-9-37)22(16-42-2)27(41)34-21-5-3-4-18-19(13-31-26(18)21)25-20(29)14-32-28(36-25)33-17-6-7-23(30-12-17)35-24(40)15-39/h3-7,12-14,22,31,39H,8-11,15-16H2,1-2H3,(H,34,41)(H,30,35,40)(H,32,33,36). The maximum atomic E-state index is 15.0. The van der Waals surface area contributed by atoms with Crippen LogP contribution in [0.1, 0.15) is 0 Å². The average Bonchev–Trinajstić information content (AvgIpc) is 3.43. The predicted molar refractivity (Wildman–Crippen MR) is 156 cm³/mol. The summed E-state index contributed by atoms with van der Waals surface area (Å²) < 4.78 is 20.4. The Hall–Kier alpha value is -4.50. The number of likely N-dealkylation sites (N-methyl/N-ethyl adjacent to an activating group) is 1. The van der Waals surface area contributed by atoms with Gasteiger partial charge in [-0.05, 0) is 25.2 Å². The van der Waals surface area contributed by atoms with Crippen LogP contribution in [-0.4, -0.2) is 106 Å².